The molecule has 1 N–H and O–H groups in total. The molecule has 0 fully saturated rings. The summed E-state index contributed by atoms with van der Waals surface area (Å²) in [6, 6.07) is 17.6. The van der Waals surface area contributed by atoms with Crippen LogP contribution in [0.3, 0.4) is 0 Å². The number of hydrogen-bond acceptors (Lipinski definition) is 2. The summed E-state index contributed by atoms with van der Waals surface area (Å²) in [5.41, 5.74) is 2.37. The van der Waals surface area contributed by atoms with Crippen LogP contribution in [-0.2, 0) is 0 Å². The van der Waals surface area contributed by atoms with Gasteiger partial charge in [0.1, 0.15) is 11.8 Å². The van der Waals surface area contributed by atoms with Crippen LogP contribution >= 0.6 is 0 Å². The fraction of sp³-hybridized carbons (Fsp3) is 0. The fourth-order valence-electron chi connectivity index (χ4n) is 2.87. The largest absolute Gasteiger partial charge is 0.359 e. The molecule has 2 aromatic carbocycles. The van der Waals surface area contributed by atoms with E-state index in [0.29, 0.717) is 17.0 Å². The van der Waals surface area contributed by atoms with Crippen LogP contribution in [-0.4, -0.2) is 4.98 Å². The van der Waals surface area contributed by atoms with Crippen molar-refractivity contribution in [3.8, 4) is 12.1 Å². The van der Waals surface area contributed by atoms with Gasteiger partial charge in [-0.1, -0.05) is 36.4 Å². The third-order valence-electron chi connectivity index (χ3n) is 3.85. The Labute approximate surface area is 126 Å². The average molecular weight is 281 g/mol. The van der Waals surface area contributed by atoms with E-state index in [2.05, 4.69) is 22.4 Å². The number of hydrogen-bond donors (Lipinski definition) is 1. The Morgan fingerprint density at radius 1 is 0.955 bits per heavy atom. The van der Waals surface area contributed by atoms with Gasteiger partial charge in [-0.3, -0.25) is 0 Å². The van der Waals surface area contributed by atoms with Crippen LogP contribution < -0.4 is 15.8 Å². The molecule has 0 amide bonds. The van der Waals surface area contributed by atoms with Crippen molar-refractivity contribution in [2.24, 2.45) is 0 Å². The summed E-state index contributed by atoms with van der Waals surface area (Å²) in [6.45, 7) is 0. The molecule has 1 aromatic heterocycles. The Balaban J connectivity index is 2.17. The van der Waals surface area contributed by atoms with Crippen molar-refractivity contribution in [2.45, 2.75) is 0 Å². The van der Waals surface area contributed by atoms with E-state index in [1.807, 2.05) is 36.5 Å². The van der Waals surface area contributed by atoms with Crippen LogP contribution in [0.25, 0.3) is 22.2 Å². The maximum atomic E-state index is 9.38. The Kier molecular flexibility index (Phi) is 2.51. The molecule has 0 spiro atoms. The van der Waals surface area contributed by atoms with Gasteiger partial charge in [-0.05, 0) is 11.5 Å². The van der Waals surface area contributed by atoms with Crippen LogP contribution in [0.2, 0.25) is 0 Å². The van der Waals surface area contributed by atoms with Crippen molar-refractivity contribution < 1.29 is 0 Å². The molecule has 4 nitrogen and oxygen atoms in total. The minimum Gasteiger partial charge on any atom is -0.359 e. The molecule has 1 aliphatic heterocycles. The predicted molar refractivity (Wildman–Crippen MR) is 82.4 cm³/mol. The van der Waals surface area contributed by atoms with Crippen LogP contribution in [0, 0.1) is 22.7 Å². The molecule has 1 aliphatic rings. The van der Waals surface area contributed by atoms with Crippen molar-refractivity contribution in [2.75, 3.05) is 0 Å². The van der Waals surface area contributed by atoms with Crippen molar-refractivity contribution in [3.05, 3.63) is 70.4 Å². The monoisotopic (exact) mass is 281 g/mol. The highest BCUT2D eigenvalue weighted by Gasteiger charge is 2.21. The lowest BCUT2D eigenvalue weighted by molar-refractivity contribution is 1.21. The Morgan fingerprint density at radius 3 is 2.64 bits per heavy atom. The van der Waals surface area contributed by atoms with Crippen LogP contribution in [0.5, 0.6) is 0 Å². The lowest BCUT2D eigenvalue weighted by Gasteiger charge is -2.02. The quantitative estimate of drug-likeness (QED) is 0.732. The van der Waals surface area contributed by atoms with E-state index < -0.39 is 0 Å². The maximum absolute atomic E-state index is 9.38. The summed E-state index contributed by atoms with van der Waals surface area (Å²) in [5, 5.41) is 26.7. The van der Waals surface area contributed by atoms with Gasteiger partial charge in [-0.25, -0.2) is 5.32 Å². The van der Waals surface area contributed by atoms with Crippen LogP contribution in [0.1, 0.15) is 11.3 Å². The molecule has 22 heavy (non-hydrogen) atoms. The average Bonchev–Trinajstić information content (AvgIpc) is 3.15. The molecular weight excluding hydrogens is 272 g/mol. The smallest absolute Gasteiger partial charge is 0.149 e. The Morgan fingerprint density at radius 2 is 1.82 bits per heavy atom. The topological polar surface area (TPSA) is 77.5 Å². The second-order valence-electron chi connectivity index (χ2n) is 5.01. The minimum absolute atomic E-state index is 0.348. The number of H-pyrrole nitrogens is 1. The third-order valence-corrected chi connectivity index (χ3v) is 3.85. The van der Waals surface area contributed by atoms with Crippen molar-refractivity contribution >= 4 is 22.2 Å². The summed E-state index contributed by atoms with van der Waals surface area (Å²) in [6.07, 6.45) is 1.91. The fourth-order valence-corrected chi connectivity index (χ4v) is 2.87. The molecular formula is C18H9N4. The summed E-state index contributed by atoms with van der Waals surface area (Å²) in [5.74, 6) is 0. The van der Waals surface area contributed by atoms with E-state index in [0.717, 1.165) is 26.9 Å². The molecule has 0 saturated heterocycles. The molecule has 2 heterocycles. The normalized spacial score (nSPS) is 12.6. The minimum atomic E-state index is 0.348. The highest BCUT2D eigenvalue weighted by Crippen LogP contribution is 2.24. The summed E-state index contributed by atoms with van der Waals surface area (Å²) >= 11 is 0. The van der Waals surface area contributed by atoms with Gasteiger partial charge in [0.15, 0.2) is 0 Å². The number of aromatic nitrogens is 1. The van der Waals surface area contributed by atoms with Gasteiger partial charge < -0.3 is 4.98 Å². The van der Waals surface area contributed by atoms with Gasteiger partial charge in [-0.15, -0.1) is 0 Å². The summed E-state index contributed by atoms with van der Waals surface area (Å²) in [7, 11) is 0. The van der Waals surface area contributed by atoms with E-state index in [1.165, 1.54) is 0 Å². The lowest BCUT2D eigenvalue weighted by Crippen LogP contribution is -2.27. The molecule has 101 valence electrons. The molecule has 3 aromatic rings. The van der Waals surface area contributed by atoms with Gasteiger partial charge in [0.05, 0.1) is 23.0 Å². The number of benzene rings is 2. The van der Waals surface area contributed by atoms with Gasteiger partial charge in [0, 0.05) is 22.0 Å². The predicted octanol–water partition coefficient (Wildman–Crippen LogP) is 1.45. The zero-order valence-electron chi connectivity index (χ0n) is 11.5. The number of nitrogens with one attached hydrogen (secondary N) is 1. The molecule has 0 unspecified atom stereocenters. The molecule has 4 rings (SSSR count). The van der Waals surface area contributed by atoms with Gasteiger partial charge >= 0.3 is 0 Å². The first-order valence-corrected chi connectivity index (χ1v) is 6.79. The van der Waals surface area contributed by atoms with Gasteiger partial charge in [-0.2, -0.15) is 10.5 Å². The van der Waals surface area contributed by atoms with Crippen molar-refractivity contribution in [3.63, 3.8) is 0 Å². The van der Waals surface area contributed by atoms with Crippen LogP contribution in [0.15, 0.2) is 48.7 Å². The Bertz CT molecular complexity index is 1120. The van der Waals surface area contributed by atoms with Gasteiger partial charge in [0.2, 0.25) is 0 Å². The van der Waals surface area contributed by atoms with Crippen molar-refractivity contribution in [1.82, 2.24) is 10.3 Å². The second-order valence-corrected chi connectivity index (χ2v) is 5.01. The van der Waals surface area contributed by atoms with E-state index >= 15 is 0 Å². The molecule has 0 saturated carbocycles. The maximum Gasteiger partial charge on any atom is 0.149 e. The molecule has 4 heteroatoms. The summed E-state index contributed by atoms with van der Waals surface area (Å²) < 4.78 is 0. The zero-order valence-corrected chi connectivity index (χ0v) is 11.5. The molecule has 1 radical (unpaired) electrons. The Hall–Kier alpha value is -3.50. The van der Waals surface area contributed by atoms with E-state index in [4.69, 9.17) is 0 Å². The molecule has 0 bridgehead atoms. The first-order valence-electron chi connectivity index (χ1n) is 6.79. The van der Waals surface area contributed by atoms with Crippen LogP contribution in [0.4, 0.5) is 0 Å². The number of rotatable bonds is 1. The number of nitriles is 2. The standard InChI is InChI=1S/C18H9N4/c19-8-11-5-3-7-14-15(9-20)22-18(16(11)14)17-13-6-2-1-4-12(13)10-21-17/h1-7,10,21H. The molecule has 0 atom stereocenters. The highest BCUT2D eigenvalue weighted by atomic mass is 14.9. The van der Waals surface area contributed by atoms with Gasteiger partial charge in [0.25, 0.3) is 0 Å². The second kappa shape index (κ2) is 4.51. The molecule has 0 aliphatic carbocycles. The van der Waals surface area contributed by atoms with E-state index in [9.17, 15) is 10.5 Å². The first kappa shape index (κ1) is 12.3. The van der Waals surface area contributed by atoms with E-state index in [-0.39, 0.29) is 0 Å². The lowest BCUT2D eigenvalue weighted by atomic mass is 10.1. The van der Waals surface area contributed by atoms with Crippen molar-refractivity contribution in [1.29, 1.82) is 10.5 Å². The number of aromatic amines is 1. The number of nitrogens with zero attached hydrogens (tertiary/aromatic N) is 3. The first-order chi connectivity index (χ1) is 10.8. The third kappa shape index (κ3) is 1.55. The highest BCUT2D eigenvalue weighted by molar-refractivity contribution is 5.95. The SMILES string of the molecule is N#CC1=c2cccc(C#N)c2=C(c2[nH]cc3ccccc23)[N]1. The summed E-state index contributed by atoms with van der Waals surface area (Å²) in [4.78, 5) is 3.23. The zero-order chi connectivity index (χ0) is 15.1. The number of fused-ring (bicyclic) bond motifs is 2. The van der Waals surface area contributed by atoms with E-state index in [1.54, 1.807) is 12.1 Å².